The maximum absolute atomic E-state index is 6.12. The van der Waals surface area contributed by atoms with Crippen LogP contribution in [0.4, 0.5) is 5.69 Å². The maximum Gasteiger partial charge on any atom is 0.213 e. The lowest BCUT2D eigenvalue weighted by atomic mass is 10.2. The molecule has 6 nitrogen and oxygen atoms in total. The Morgan fingerprint density at radius 1 is 1.36 bits per heavy atom. The monoisotopic (exact) mass is 515 g/mol. The van der Waals surface area contributed by atoms with E-state index in [0.29, 0.717) is 18.5 Å². The van der Waals surface area contributed by atoms with Gasteiger partial charge in [0.2, 0.25) is 5.88 Å². The van der Waals surface area contributed by atoms with E-state index in [9.17, 15) is 0 Å². The molecule has 0 spiro atoms. The van der Waals surface area contributed by atoms with Crippen molar-refractivity contribution in [2.45, 2.75) is 25.9 Å². The molecule has 2 aromatic rings. The molecular weight excluding hydrogens is 489 g/mol. The summed E-state index contributed by atoms with van der Waals surface area (Å²) in [5, 5.41) is 7.64. The number of nitrogens with zero attached hydrogens (tertiary/aromatic N) is 3. The highest BCUT2D eigenvalue weighted by molar-refractivity contribution is 14.0. The third-order valence-electron chi connectivity index (χ3n) is 4.47. The molecule has 1 aliphatic rings. The van der Waals surface area contributed by atoms with Gasteiger partial charge in [-0.2, -0.15) is 0 Å². The fourth-order valence-electron chi connectivity index (χ4n) is 3.13. The van der Waals surface area contributed by atoms with Crippen molar-refractivity contribution in [3.05, 3.63) is 53.2 Å². The second-order valence-corrected chi connectivity index (χ2v) is 6.89. The van der Waals surface area contributed by atoms with Crippen LogP contribution in [-0.2, 0) is 6.54 Å². The van der Waals surface area contributed by atoms with Crippen molar-refractivity contribution < 1.29 is 4.74 Å². The highest BCUT2D eigenvalue weighted by Gasteiger charge is 2.23. The highest BCUT2D eigenvalue weighted by Crippen LogP contribution is 2.23. The van der Waals surface area contributed by atoms with Crippen LogP contribution in [0.2, 0.25) is 5.02 Å². The van der Waals surface area contributed by atoms with Crippen molar-refractivity contribution in [1.82, 2.24) is 15.6 Å². The molecular formula is C20H27ClIN5O. The van der Waals surface area contributed by atoms with E-state index in [1.165, 1.54) is 0 Å². The molecule has 28 heavy (non-hydrogen) atoms. The minimum atomic E-state index is 0. The van der Waals surface area contributed by atoms with Crippen LogP contribution in [0.5, 0.6) is 5.88 Å². The average Bonchev–Trinajstić information content (AvgIpc) is 3.15. The van der Waals surface area contributed by atoms with E-state index in [0.717, 1.165) is 48.3 Å². The van der Waals surface area contributed by atoms with E-state index < -0.39 is 0 Å². The molecule has 0 amide bonds. The highest BCUT2D eigenvalue weighted by atomic mass is 127. The topological polar surface area (TPSA) is 61.8 Å². The van der Waals surface area contributed by atoms with Crippen molar-refractivity contribution >= 4 is 47.2 Å². The van der Waals surface area contributed by atoms with E-state index >= 15 is 0 Å². The van der Waals surface area contributed by atoms with Crippen LogP contribution in [0.25, 0.3) is 0 Å². The van der Waals surface area contributed by atoms with Crippen molar-refractivity contribution in [1.29, 1.82) is 0 Å². The summed E-state index contributed by atoms with van der Waals surface area (Å²) in [6.45, 7) is 5.38. The molecule has 0 saturated carbocycles. The van der Waals surface area contributed by atoms with Crippen LogP contribution in [-0.4, -0.2) is 43.7 Å². The van der Waals surface area contributed by atoms with Crippen LogP contribution in [0.1, 0.15) is 18.9 Å². The van der Waals surface area contributed by atoms with Crippen LogP contribution in [0, 0.1) is 0 Å². The SMILES string of the molecule is CCNC(=NCc1ccnc(OC)c1)NC1CCN(c2cccc(Cl)c2)C1.I. The number of hydrogen-bond acceptors (Lipinski definition) is 4. The zero-order valence-electron chi connectivity index (χ0n) is 16.2. The predicted molar refractivity (Wildman–Crippen MR) is 126 cm³/mol. The van der Waals surface area contributed by atoms with E-state index in [1.54, 1.807) is 13.3 Å². The molecule has 152 valence electrons. The number of hydrogen-bond donors (Lipinski definition) is 2. The largest absolute Gasteiger partial charge is 0.481 e. The molecule has 1 fully saturated rings. The van der Waals surface area contributed by atoms with Gasteiger partial charge in [-0.15, -0.1) is 24.0 Å². The number of methoxy groups -OCH3 is 1. The summed E-state index contributed by atoms with van der Waals surface area (Å²) < 4.78 is 5.17. The summed E-state index contributed by atoms with van der Waals surface area (Å²) >= 11 is 6.12. The number of pyridine rings is 1. The third kappa shape index (κ3) is 6.41. The number of aliphatic imine (C=N–C) groups is 1. The Bertz CT molecular complexity index is 789. The van der Waals surface area contributed by atoms with Crippen LogP contribution in [0.15, 0.2) is 47.6 Å². The van der Waals surface area contributed by atoms with Crippen LogP contribution >= 0.6 is 35.6 Å². The minimum absolute atomic E-state index is 0. The van der Waals surface area contributed by atoms with Gasteiger partial charge in [0, 0.05) is 48.6 Å². The Morgan fingerprint density at radius 3 is 2.96 bits per heavy atom. The Labute approximate surface area is 188 Å². The first-order valence-corrected chi connectivity index (χ1v) is 9.60. The summed E-state index contributed by atoms with van der Waals surface area (Å²) in [6, 6.07) is 12.2. The summed E-state index contributed by atoms with van der Waals surface area (Å²) in [6.07, 6.45) is 2.80. The van der Waals surface area contributed by atoms with Crippen molar-refractivity contribution in [2.75, 3.05) is 31.6 Å². The molecule has 3 rings (SSSR count). The first kappa shape index (κ1) is 22.5. The molecule has 0 radical (unpaired) electrons. The molecule has 8 heteroatoms. The standard InChI is InChI=1S/C20H26ClN5O.HI/c1-3-22-20(24-13-15-7-9-23-19(11-15)27-2)25-17-8-10-26(14-17)18-6-4-5-16(21)12-18;/h4-7,9,11-12,17H,3,8,10,13-14H2,1-2H3,(H2,22,24,25);1H. The lowest BCUT2D eigenvalue weighted by Gasteiger charge is -2.20. The Hall–Kier alpha value is -1.74. The molecule has 1 aliphatic heterocycles. The number of guanidine groups is 1. The number of anilines is 1. The van der Waals surface area contributed by atoms with Crippen molar-refractivity contribution in [2.24, 2.45) is 4.99 Å². The second-order valence-electron chi connectivity index (χ2n) is 6.46. The second kappa shape index (κ2) is 11.3. The molecule has 2 N–H and O–H groups in total. The van der Waals surface area contributed by atoms with Gasteiger partial charge in [0.05, 0.1) is 13.7 Å². The number of benzene rings is 1. The zero-order valence-corrected chi connectivity index (χ0v) is 19.3. The van der Waals surface area contributed by atoms with Gasteiger partial charge < -0.3 is 20.3 Å². The summed E-state index contributed by atoms with van der Waals surface area (Å²) in [7, 11) is 1.62. The first-order chi connectivity index (χ1) is 13.2. The fraction of sp³-hybridized carbons (Fsp3) is 0.400. The quantitative estimate of drug-likeness (QED) is 0.349. The van der Waals surface area contributed by atoms with E-state index in [-0.39, 0.29) is 24.0 Å². The van der Waals surface area contributed by atoms with Crippen LogP contribution in [0.3, 0.4) is 0 Å². The Morgan fingerprint density at radius 2 is 2.21 bits per heavy atom. The summed E-state index contributed by atoms with van der Waals surface area (Å²) in [4.78, 5) is 11.2. The predicted octanol–water partition coefficient (Wildman–Crippen LogP) is 3.70. The van der Waals surface area contributed by atoms with Gasteiger partial charge in [-0.25, -0.2) is 9.98 Å². The van der Waals surface area contributed by atoms with Gasteiger partial charge in [0.25, 0.3) is 0 Å². The molecule has 1 saturated heterocycles. The third-order valence-corrected chi connectivity index (χ3v) is 4.71. The van der Waals surface area contributed by atoms with Gasteiger partial charge in [-0.3, -0.25) is 0 Å². The van der Waals surface area contributed by atoms with E-state index in [1.807, 2.05) is 30.3 Å². The smallest absolute Gasteiger partial charge is 0.213 e. The van der Waals surface area contributed by atoms with E-state index in [2.05, 4.69) is 33.5 Å². The minimum Gasteiger partial charge on any atom is -0.481 e. The van der Waals surface area contributed by atoms with E-state index in [4.69, 9.17) is 21.3 Å². The lowest BCUT2D eigenvalue weighted by molar-refractivity contribution is 0.397. The zero-order chi connectivity index (χ0) is 19.1. The van der Waals surface area contributed by atoms with Gasteiger partial charge in [-0.05, 0) is 43.2 Å². The fourth-order valence-corrected chi connectivity index (χ4v) is 3.31. The molecule has 1 atom stereocenters. The number of halogens is 2. The number of ether oxygens (including phenoxy) is 1. The maximum atomic E-state index is 6.12. The van der Waals surface area contributed by atoms with Crippen molar-refractivity contribution in [3.63, 3.8) is 0 Å². The molecule has 0 aliphatic carbocycles. The Balaban J connectivity index is 0.00000280. The number of aromatic nitrogens is 1. The summed E-state index contributed by atoms with van der Waals surface area (Å²) in [5.41, 5.74) is 2.23. The lowest BCUT2D eigenvalue weighted by Crippen LogP contribution is -2.44. The molecule has 2 heterocycles. The molecule has 1 aromatic heterocycles. The molecule has 1 aromatic carbocycles. The number of rotatable bonds is 6. The normalized spacial score (nSPS) is 16.5. The average molecular weight is 516 g/mol. The Kier molecular flexibility index (Phi) is 9.11. The molecule has 0 bridgehead atoms. The van der Waals surface area contributed by atoms with Gasteiger partial charge >= 0.3 is 0 Å². The van der Waals surface area contributed by atoms with Gasteiger partial charge in [0.1, 0.15) is 0 Å². The first-order valence-electron chi connectivity index (χ1n) is 9.22. The van der Waals surface area contributed by atoms with Gasteiger partial charge in [0.15, 0.2) is 5.96 Å². The number of nitrogens with one attached hydrogen (secondary N) is 2. The molecule has 1 unspecified atom stereocenters. The van der Waals surface area contributed by atoms with Gasteiger partial charge in [-0.1, -0.05) is 17.7 Å². The van der Waals surface area contributed by atoms with Crippen molar-refractivity contribution in [3.8, 4) is 5.88 Å². The summed E-state index contributed by atoms with van der Waals surface area (Å²) in [5.74, 6) is 1.43. The van der Waals surface area contributed by atoms with Crippen LogP contribution < -0.4 is 20.3 Å².